The number of rotatable bonds is 4. The van der Waals surface area contributed by atoms with Gasteiger partial charge < -0.3 is 5.32 Å². The van der Waals surface area contributed by atoms with Crippen LogP contribution in [0.2, 0.25) is 0 Å². The van der Waals surface area contributed by atoms with Crippen LogP contribution in [0.1, 0.15) is 12.8 Å². The molecule has 1 aromatic rings. The molecule has 0 saturated heterocycles. The molecule has 1 aromatic carbocycles. The smallest absolute Gasteiger partial charge is 0.383 e. The summed E-state index contributed by atoms with van der Waals surface area (Å²) in [5, 5.41) is 2.41. The lowest BCUT2D eigenvalue weighted by molar-refractivity contribution is -0.134. The van der Waals surface area contributed by atoms with Crippen molar-refractivity contribution in [3.05, 3.63) is 29.8 Å². The van der Waals surface area contributed by atoms with Crippen molar-refractivity contribution >= 4 is 5.69 Å². The van der Waals surface area contributed by atoms with E-state index in [0.29, 0.717) is 0 Å². The maximum absolute atomic E-state index is 13.0. The minimum absolute atomic E-state index is 0.0557. The third kappa shape index (κ3) is 4.46. The lowest BCUT2D eigenvalue weighted by atomic mass is 10.2. The summed E-state index contributed by atoms with van der Waals surface area (Å²) in [6, 6.07) is 2.76. The van der Waals surface area contributed by atoms with Gasteiger partial charge in [0.2, 0.25) is 0 Å². The number of halogens is 5. The largest absolute Gasteiger partial charge is 0.389 e. The van der Waals surface area contributed by atoms with Crippen LogP contribution < -0.4 is 5.32 Å². The number of hydrogen-bond acceptors (Lipinski definition) is 1. The standard InChI is InChI=1S/C10H10F5N/c11-7-2-3-8(12)9(6-7)16-5-1-4-10(13,14)15/h2-3,6,16H,1,4-5H2. The van der Waals surface area contributed by atoms with Gasteiger partial charge in [-0.05, 0) is 24.6 Å². The molecule has 0 spiro atoms. The van der Waals surface area contributed by atoms with Crippen molar-refractivity contribution in [1.29, 1.82) is 0 Å². The fourth-order valence-corrected chi connectivity index (χ4v) is 1.14. The molecule has 0 aliphatic rings. The molecular weight excluding hydrogens is 229 g/mol. The maximum Gasteiger partial charge on any atom is 0.389 e. The number of benzene rings is 1. The Balaban J connectivity index is 2.40. The zero-order valence-electron chi connectivity index (χ0n) is 8.24. The summed E-state index contributed by atoms with van der Waals surface area (Å²) in [5.41, 5.74) is -0.123. The Bertz CT molecular complexity index is 348. The van der Waals surface area contributed by atoms with E-state index in [1.54, 1.807) is 0 Å². The zero-order chi connectivity index (χ0) is 12.2. The van der Waals surface area contributed by atoms with Crippen LogP contribution in [0.4, 0.5) is 27.6 Å². The first-order valence-corrected chi connectivity index (χ1v) is 4.64. The third-order valence-electron chi connectivity index (χ3n) is 1.88. The second-order valence-corrected chi connectivity index (χ2v) is 3.27. The highest BCUT2D eigenvalue weighted by Gasteiger charge is 2.25. The molecule has 0 aliphatic carbocycles. The van der Waals surface area contributed by atoms with Crippen LogP contribution in [0.5, 0.6) is 0 Å². The lowest BCUT2D eigenvalue weighted by Crippen LogP contribution is -2.11. The highest BCUT2D eigenvalue weighted by Crippen LogP contribution is 2.21. The second-order valence-electron chi connectivity index (χ2n) is 3.27. The molecule has 0 bridgehead atoms. The van der Waals surface area contributed by atoms with E-state index in [1.807, 2.05) is 0 Å². The summed E-state index contributed by atoms with van der Waals surface area (Å²) >= 11 is 0. The fourth-order valence-electron chi connectivity index (χ4n) is 1.14. The average molecular weight is 239 g/mol. The first-order valence-electron chi connectivity index (χ1n) is 4.64. The summed E-state index contributed by atoms with van der Waals surface area (Å²) in [6.07, 6.45) is -5.35. The molecule has 1 nitrogen and oxygen atoms in total. The highest BCUT2D eigenvalue weighted by molar-refractivity contribution is 5.44. The van der Waals surface area contributed by atoms with Gasteiger partial charge in [-0.15, -0.1) is 0 Å². The maximum atomic E-state index is 13.0. The summed E-state index contributed by atoms with van der Waals surface area (Å²) in [6.45, 7) is -0.0557. The summed E-state index contributed by atoms with van der Waals surface area (Å²) in [4.78, 5) is 0. The van der Waals surface area contributed by atoms with Crippen molar-refractivity contribution < 1.29 is 22.0 Å². The zero-order valence-corrected chi connectivity index (χ0v) is 8.24. The van der Waals surface area contributed by atoms with Crippen molar-refractivity contribution in [3.8, 4) is 0 Å². The van der Waals surface area contributed by atoms with Gasteiger partial charge in [0, 0.05) is 13.0 Å². The van der Waals surface area contributed by atoms with Crippen LogP contribution in [0.25, 0.3) is 0 Å². The lowest BCUT2D eigenvalue weighted by Gasteiger charge is -2.09. The molecule has 0 heterocycles. The number of nitrogens with one attached hydrogen (secondary N) is 1. The van der Waals surface area contributed by atoms with Gasteiger partial charge >= 0.3 is 6.18 Å². The molecular formula is C10H10F5N. The van der Waals surface area contributed by atoms with Gasteiger partial charge in [-0.25, -0.2) is 8.78 Å². The van der Waals surface area contributed by atoms with Gasteiger partial charge in [0.15, 0.2) is 0 Å². The number of hydrogen-bond donors (Lipinski definition) is 1. The number of alkyl halides is 3. The Kier molecular flexibility index (Phi) is 4.09. The third-order valence-corrected chi connectivity index (χ3v) is 1.88. The van der Waals surface area contributed by atoms with E-state index in [9.17, 15) is 22.0 Å². The molecule has 90 valence electrons. The molecule has 6 heteroatoms. The topological polar surface area (TPSA) is 12.0 Å². The van der Waals surface area contributed by atoms with Crippen molar-refractivity contribution in [2.24, 2.45) is 0 Å². The van der Waals surface area contributed by atoms with E-state index in [-0.39, 0.29) is 18.7 Å². The van der Waals surface area contributed by atoms with E-state index < -0.39 is 24.2 Å². The predicted octanol–water partition coefficient (Wildman–Crippen LogP) is 3.72. The van der Waals surface area contributed by atoms with Crippen LogP contribution in [0.3, 0.4) is 0 Å². The van der Waals surface area contributed by atoms with Gasteiger partial charge in [-0.3, -0.25) is 0 Å². The minimum Gasteiger partial charge on any atom is -0.383 e. The molecule has 0 fully saturated rings. The van der Waals surface area contributed by atoms with Crippen molar-refractivity contribution in [1.82, 2.24) is 0 Å². The second kappa shape index (κ2) is 5.14. The van der Waals surface area contributed by atoms with Gasteiger partial charge in [-0.2, -0.15) is 13.2 Å². The van der Waals surface area contributed by atoms with Gasteiger partial charge in [-0.1, -0.05) is 0 Å². The molecule has 1 N–H and O–H groups in total. The Morgan fingerprint density at radius 1 is 1.12 bits per heavy atom. The van der Waals surface area contributed by atoms with E-state index in [1.165, 1.54) is 0 Å². The van der Waals surface area contributed by atoms with E-state index in [0.717, 1.165) is 18.2 Å². The van der Waals surface area contributed by atoms with Crippen molar-refractivity contribution in [2.75, 3.05) is 11.9 Å². The molecule has 0 atom stereocenters. The SMILES string of the molecule is Fc1ccc(F)c(NCCCC(F)(F)F)c1. The van der Waals surface area contributed by atoms with E-state index >= 15 is 0 Å². The molecule has 0 amide bonds. The highest BCUT2D eigenvalue weighted by atomic mass is 19.4. The van der Waals surface area contributed by atoms with Crippen LogP contribution in [-0.4, -0.2) is 12.7 Å². The Morgan fingerprint density at radius 2 is 1.81 bits per heavy atom. The van der Waals surface area contributed by atoms with Gasteiger partial charge in [0.25, 0.3) is 0 Å². The van der Waals surface area contributed by atoms with Crippen LogP contribution in [0.15, 0.2) is 18.2 Å². The summed E-state index contributed by atoms with van der Waals surface area (Å²) < 4.78 is 60.9. The van der Waals surface area contributed by atoms with Gasteiger partial charge in [0.05, 0.1) is 5.69 Å². The van der Waals surface area contributed by atoms with Crippen LogP contribution in [-0.2, 0) is 0 Å². The quantitative estimate of drug-likeness (QED) is 0.623. The number of anilines is 1. The van der Waals surface area contributed by atoms with E-state index in [2.05, 4.69) is 5.32 Å². The molecule has 0 radical (unpaired) electrons. The molecule has 0 aliphatic heterocycles. The average Bonchev–Trinajstić information content (AvgIpc) is 2.16. The molecule has 0 saturated carbocycles. The van der Waals surface area contributed by atoms with Crippen LogP contribution in [0, 0.1) is 11.6 Å². The molecule has 1 rings (SSSR count). The van der Waals surface area contributed by atoms with Gasteiger partial charge in [0.1, 0.15) is 11.6 Å². The Hall–Kier alpha value is -1.33. The minimum atomic E-state index is -4.22. The van der Waals surface area contributed by atoms with E-state index in [4.69, 9.17) is 0 Å². The first kappa shape index (κ1) is 12.7. The Morgan fingerprint density at radius 3 is 2.44 bits per heavy atom. The van der Waals surface area contributed by atoms with Crippen molar-refractivity contribution in [3.63, 3.8) is 0 Å². The predicted molar refractivity (Wildman–Crippen MR) is 50.1 cm³/mol. The summed E-state index contributed by atoms with van der Waals surface area (Å²) in [5.74, 6) is -1.33. The normalized spacial score (nSPS) is 11.6. The molecule has 0 unspecified atom stereocenters. The molecule has 16 heavy (non-hydrogen) atoms. The fraction of sp³-hybridized carbons (Fsp3) is 0.400. The monoisotopic (exact) mass is 239 g/mol. The Labute approximate surface area is 89.3 Å². The van der Waals surface area contributed by atoms with Crippen molar-refractivity contribution in [2.45, 2.75) is 19.0 Å². The van der Waals surface area contributed by atoms with Crippen LogP contribution >= 0.6 is 0 Å². The first-order chi connectivity index (χ1) is 7.38. The molecule has 0 aromatic heterocycles. The summed E-state index contributed by atoms with van der Waals surface area (Å²) in [7, 11) is 0.